The second-order valence-corrected chi connectivity index (χ2v) is 19.6. The van der Waals surface area contributed by atoms with Crippen LogP contribution in [-0.2, 0) is 23.8 Å². The largest absolute Gasteiger partial charge is 0.462 e. The van der Waals surface area contributed by atoms with E-state index < -0.39 is 6.10 Å². The van der Waals surface area contributed by atoms with Gasteiger partial charge in [0.25, 0.3) is 0 Å². The summed E-state index contributed by atoms with van der Waals surface area (Å²) in [5, 5.41) is 0. The van der Waals surface area contributed by atoms with Gasteiger partial charge in [-0.1, -0.05) is 297 Å². The summed E-state index contributed by atoms with van der Waals surface area (Å²) in [6.07, 6.45) is 61.5. The molecule has 62 heavy (non-hydrogen) atoms. The van der Waals surface area contributed by atoms with Crippen LogP contribution in [0.3, 0.4) is 0 Å². The Hall–Kier alpha value is -1.10. The zero-order valence-corrected chi connectivity index (χ0v) is 42.7. The summed E-state index contributed by atoms with van der Waals surface area (Å²) in [6, 6.07) is 0. The molecular formula is C57H112O5. The third kappa shape index (κ3) is 51.5. The van der Waals surface area contributed by atoms with E-state index in [-0.39, 0.29) is 18.5 Å². The Bertz CT molecular complexity index is 860. The summed E-state index contributed by atoms with van der Waals surface area (Å²) in [5.41, 5.74) is 0. The van der Waals surface area contributed by atoms with Crippen LogP contribution in [-0.4, -0.2) is 37.9 Å². The first-order chi connectivity index (χ1) is 30.6. The predicted molar refractivity (Wildman–Crippen MR) is 270 cm³/mol. The summed E-state index contributed by atoms with van der Waals surface area (Å²) in [6.45, 7) is 7.88. The molecule has 0 amide bonds. The van der Waals surface area contributed by atoms with E-state index in [9.17, 15) is 9.59 Å². The van der Waals surface area contributed by atoms with Gasteiger partial charge < -0.3 is 14.2 Å². The zero-order valence-electron chi connectivity index (χ0n) is 42.7. The van der Waals surface area contributed by atoms with Crippen LogP contribution in [0.25, 0.3) is 0 Å². The van der Waals surface area contributed by atoms with Gasteiger partial charge >= 0.3 is 11.9 Å². The maximum Gasteiger partial charge on any atom is 0.306 e. The molecule has 0 N–H and O–H groups in total. The van der Waals surface area contributed by atoms with Gasteiger partial charge in [0.1, 0.15) is 6.61 Å². The molecule has 0 saturated heterocycles. The first-order valence-electron chi connectivity index (χ1n) is 28.6. The molecular weight excluding hydrogens is 765 g/mol. The van der Waals surface area contributed by atoms with Gasteiger partial charge in [0.15, 0.2) is 6.10 Å². The highest BCUT2D eigenvalue weighted by atomic mass is 16.6. The molecule has 1 unspecified atom stereocenters. The van der Waals surface area contributed by atoms with Crippen molar-refractivity contribution in [3.63, 3.8) is 0 Å². The van der Waals surface area contributed by atoms with Crippen LogP contribution in [0.5, 0.6) is 0 Å². The molecule has 0 fully saturated rings. The Balaban J connectivity index is 3.98. The highest BCUT2D eigenvalue weighted by Gasteiger charge is 2.17. The summed E-state index contributed by atoms with van der Waals surface area (Å²) < 4.78 is 17.4. The van der Waals surface area contributed by atoms with Crippen molar-refractivity contribution in [2.24, 2.45) is 0 Å². The monoisotopic (exact) mass is 877 g/mol. The van der Waals surface area contributed by atoms with Gasteiger partial charge in [0.2, 0.25) is 0 Å². The Kier molecular flexibility index (Phi) is 53.3. The fourth-order valence-corrected chi connectivity index (χ4v) is 8.87. The molecule has 0 aromatic rings. The number of ether oxygens (including phenoxy) is 3. The molecule has 0 heterocycles. The third-order valence-corrected chi connectivity index (χ3v) is 13.1. The number of carbonyl (C=O) groups is 2. The maximum atomic E-state index is 12.7. The van der Waals surface area contributed by atoms with E-state index >= 15 is 0 Å². The quantitative estimate of drug-likeness (QED) is 0.0450. The average molecular weight is 878 g/mol. The van der Waals surface area contributed by atoms with E-state index in [0.717, 1.165) is 32.1 Å². The zero-order chi connectivity index (χ0) is 44.9. The minimum absolute atomic E-state index is 0.0972. The molecule has 1 atom stereocenters. The number of rotatable bonds is 54. The van der Waals surface area contributed by atoms with E-state index in [1.807, 2.05) is 0 Å². The minimum atomic E-state index is -0.522. The summed E-state index contributed by atoms with van der Waals surface area (Å²) in [4.78, 5) is 25.3. The predicted octanol–water partition coefficient (Wildman–Crippen LogP) is 19.2. The maximum absolute atomic E-state index is 12.7. The highest BCUT2D eigenvalue weighted by Crippen LogP contribution is 2.17. The number of unbranched alkanes of at least 4 members (excludes halogenated alkanes) is 43. The second-order valence-electron chi connectivity index (χ2n) is 19.6. The summed E-state index contributed by atoms with van der Waals surface area (Å²) in [7, 11) is 0. The third-order valence-electron chi connectivity index (χ3n) is 13.1. The number of esters is 2. The van der Waals surface area contributed by atoms with Crippen LogP contribution in [0, 0.1) is 0 Å². The Labute approximate surface area is 389 Å². The SMILES string of the molecule is CCCCCCCCCCCCCCCCCCCCCCOCC(COC(=O)CCCCCCCCCCCCCCCCCCCCC)OC(=O)CCCCCCCCC. The van der Waals surface area contributed by atoms with Gasteiger partial charge in [-0.2, -0.15) is 0 Å². The van der Waals surface area contributed by atoms with E-state index in [1.54, 1.807) is 0 Å². The van der Waals surface area contributed by atoms with Gasteiger partial charge in [-0.15, -0.1) is 0 Å². The van der Waals surface area contributed by atoms with Gasteiger partial charge in [-0.3, -0.25) is 9.59 Å². The summed E-state index contributed by atoms with van der Waals surface area (Å²) >= 11 is 0. The van der Waals surface area contributed by atoms with Crippen molar-refractivity contribution >= 4 is 11.9 Å². The molecule has 5 heteroatoms. The topological polar surface area (TPSA) is 61.8 Å². The van der Waals surface area contributed by atoms with E-state index in [1.165, 1.54) is 263 Å². The lowest BCUT2D eigenvalue weighted by Gasteiger charge is -2.18. The van der Waals surface area contributed by atoms with Crippen molar-refractivity contribution < 1.29 is 23.8 Å². The average Bonchev–Trinajstić information content (AvgIpc) is 3.27. The van der Waals surface area contributed by atoms with Crippen molar-refractivity contribution in [3.8, 4) is 0 Å². The molecule has 5 nitrogen and oxygen atoms in total. The molecule has 0 aromatic heterocycles. The Morgan fingerprint density at radius 3 is 0.823 bits per heavy atom. The van der Waals surface area contributed by atoms with Crippen molar-refractivity contribution in [1.29, 1.82) is 0 Å². The lowest BCUT2D eigenvalue weighted by atomic mass is 10.0. The first kappa shape index (κ1) is 60.9. The lowest BCUT2D eigenvalue weighted by molar-refractivity contribution is -0.163. The molecule has 0 saturated carbocycles. The van der Waals surface area contributed by atoms with Gasteiger partial charge in [-0.05, 0) is 19.3 Å². The number of hydrogen-bond donors (Lipinski definition) is 0. The fourth-order valence-electron chi connectivity index (χ4n) is 8.87. The molecule has 0 aliphatic heterocycles. The normalized spacial score (nSPS) is 12.0. The van der Waals surface area contributed by atoms with Crippen LogP contribution in [0.4, 0.5) is 0 Å². The molecule has 370 valence electrons. The van der Waals surface area contributed by atoms with Crippen molar-refractivity contribution in [2.75, 3.05) is 19.8 Å². The van der Waals surface area contributed by atoms with E-state index in [4.69, 9.17) is 14.2 Å². The first-order valence-corrected chi connectivity index (χ1v) is 28.6. The second kappa shape index (κ2) is 54.2. The molecule has 0 aliphatic rings. The summed E-state index contributed by atoms with van der Waals surface area (Å²) in [5.74, 6) is -0.375. The highest BCUT2D eigenvalue weighted by molar-refractivity contribution is 5.70. The van der Waals surface area contributed by atoms with Gasteiger partial charge in [-0.25, -0.2) is 0 Å². The van der Waals surface area contributed by atoms with Crippen molar-refractivity contribution in [3.05, 3.63) is 0 Å². The van der Waals surface area contributed by atoms with E-state index in [2.05, 4.69) is 20.8 Å². The van der Waals surface area contributed by atoms with Crippen LogP contribution >= 0.6 is 0 Å². The minimum Gasteiger partial charge on any atom is -0.462 e. The molecule has 0 aliphatic carbocycles. The van der Waals surface area contributed by atoms with E-state index in [0.29, 0.717) is 26.1 Å². The fraction of sp³-hybridized carbons (Fsp3) is 0.965. The molecule has 0 aromatic carbocycles. The van der Waals surface area contributed by atoms with Crippen LogP contribution in [0.2, 0.25) is 0 Å². The molecule has 0 rings (SSSR count). The van der Waals surface area contributed by atoms with Crippen LogP contribution in [0.1, 0.15) is 329 Å². The molecule has 0 bridgehead atoms. The molecule has 0 radical (unpaired) electrons. The smallest absolute Gasteiger partial charge is 0.306 e. The standard InChI is InChI=1S/C57H112O5/c1-4-7-10-13-16-18-20-22-24-26-28-30-32-34-36-38-40-43-46-49-52-60-53-55(62-57(59)51-48-45-41-15-12-9-6-3)54-61-56(58)50-47-44-42-39-37-35-33-31-29-27-25-23-21-19-17-14-11-8-5-2/h55H,4-54H2,1-3H3. The number of hydrogen-bond acceptors (Lipinski definition) is 5. The Morgan fingerprint density at radius 1 is 0.290 bits per heavy atom. The van der Waals surface area contributed by atoms with Gasteiger partial charge in [0.05, 0.1) is 6.61 Å². The van der Waals surface area contributed by atoms with Crippen molar-refractivity contribution in [2.45, 2.75) is 335 Å². The van der Waals surface area contributed by atoms with Crippen LogP contribution in [0.15, 0.2) is 0 Å². The lowest BCUT2D eigenvalue weighted by Crippen LogP contribution is -2.30. The van der Waals surface area contributed by atoms with Crippen LogP contribution < -0.4 is 0 Å². The Morgan fingerprint density at radius 2 is 0.532 bits per heavy atom. The van der Waals surface area contributed by atoms with Gasteiger partial charge in [0, 0.05) is 19.4 Å². The van der Waals surface area contributed by atoms with Crippen molar-refractivity contribution in [1.82, 2.24) is 0 Å². The molecule has 0 spiro atoms. The number of carbonyl (C=O) groups excluding carboxylic acids is 2.